The number of amides is 1. The minimum atomic E-state index is -0.00639. The van der Waals surface area contributed by atoms with Gasteiger partial charge in [0.05, 0.1) is 18.4 Å². The van der Waals surface area contributed by atoms with Crippen molar-refractivity contribution >= 4 is 17.4 Å². The standard InChI is InChI=1S/C8H13N5O/c9-8-6(3-11-13-8)10-4-7(14)12-5-1-2-5/h3,5,10H,1-2,4H2,(H,12,14)(H3,9,11,13). The molecular weight excluding hydrogens is 182 g/mol. The number of carbonyl (C=O) groups is 1. The van der Waals surface area contributed by atoms with Gasteiger partial charge in [-0.3, -0.25) is 9.89 Å². The first-order valence-electron chi connectivity index (χ1n) is 4.58. The quantitative estimate of drug-likeness (QED) is 0.529. The summed E-state index contributed by atoms with van der Waals surface area (Å²) < 4.78 is 0. The van der Waals surface area contributed by atoms with Gasteiger partial charge in [-0.25, -0.2) is 0 Å². The van der Waals surface area contributed by atoms with E-state index in [9.17, 15) is 4.79 Å². The molecule has 1 aromatic rings. The molecule has 1 saturated carbocycles. The number of H-pyrrole nitrogens is 1. The van der Waals surface area contributed by atoms with Crippen LogP contribution in [0.25, 0.3) is 0 Å². The molecule has 6 nitrogen and oxygen atoms in total. The molecule has 2 rings (SSSR count). The van der Waals surface area contributed by atoms with Gasteiger partial charge in [-0.1, -0.05) is 0 Å². The fourth-order valence-corrected chi connectivity index (χ4v) is 1.12. The fourth-order valence-electron chi connectivity index (χ4n) is 1.12. The highest BCUT2D eigenvalue weighted by molar-refractivity contribution is 5.82. The highest BCUT2D eigenvalue weighted by Crippen LogP contribution is 2.18. The van der Waals surface area contributed by atoms with Crippen LogP contribution in [0, 0.1) is 0 Å². The molecule has 0 aliphatic heterocycles. The molecule has 0 atom stereocenters. The van der Waals surface area contributed by atoms with Crippen molar-refractivity contribution in [1.82, 2.24) is 15.5 Å². The van der Waals surface area contributed by atoms with Crippen LogP contribution in [-0.2, 0) is 4.79 Å². The van der Waals surface area contributed by atoms with Crippen molar-refractivity contribution in [3.05, 3.63) is 6.20 Å². The van der Waals surface area contributed by atoms with Crippen LogP contribution in [0.1, 0.15) is 12.8 Å². The van der Waals surface area contributed by atoms with Crippen LogP contribution >= 0.6 is 0 Å². The summed E-state index contributed by atoms with van der Waals surface area (Å²) >= 11 is 0. The Morgan fingerprint density at radius 1 is 1.71 bits per heavy atom. The highest BCUT2D eigenvalue weighted by atomic mass is 16.2. The molecule has 6 heteroatoms. The summed E-state index contributed by atoms with van der Waals surface area (Å²) in [6.07, 6.45) is 3.75. The lowest BCUT2D eigenvalue weighted by molar-refractivity contribution is -0.119. The summed E-state index contributed by atoms with van der Waals surface area (Å²) in [5, 5.41) is 12.1. The average Bonchev–Trinajstić information content (AvgIpc) is 2.86. The molecule has 0 saturated heterocycles. The second-order valence-corrected chi connectivity index (χ2v) is 3.39. The predicted octanol–water partition coefficient (Wildman–Crippen LogP) is -0.318. The van der Waals surface area contributed by atoms with E-state index in [1.165, 1.54) is 0 Å². The maximum absolute atomic E-state index is 11.3. The molecule has 0 aromatic carbocycles. The number of hydrogen-bond acceptors (Lipinski definition) is 4. The van der Waals surface area contributed by atoms with Crippen molar-refractivity contribution < 1.29 is 4.79 Å². The van der Waals surface area contributed by atoms with E-state index in [2.05, 4.69) is 20.8 Å². The third-order valence-corrected chi connectivity index (χ3v) is 2.05. The minimum absolute atomic E-state index is 0.00639. The zero-order valence-electron chi connectivity index (χ0n) is 7.71. The molecule has 5 N–H and O–H groups in total. The molecule has 1 amide bonds. The average molecular weight is 195 g/mol. The summed E-state index contributed by atoms with van der Waals surface area (Å²) in [6, 6.07) is 0.394. The van der Waals surface area contributed by atoms with Gasteiger partial charge in [0.2, 0.25) is 5.91 Å². The largest absolute Gasteiger partial charge is 0.382 e. The molecule has 76 valence electrons. The summed E-state index contributed by atoms with van der Waals surface area (Å²) in [5.41, 5.74) is 6.19. The Morgan fingerprint density at radius 3 is 3.07 bits per heavy atom. The van der Waals surface area contributed by atoms with Crippen LogP contribution in [0.4, 0.5) is 11.5 Å². The smallest absolute Gasteiger partial charge is 0.239 e. The number of aromatic nitrogens is 2. The van der Waals surface area contributed by atoms with Crippen molar-refractivity contribution in [3.63, 3.8) is 0 Å². The first kappa shape index (κ1) is 8.86. The van der Waals surface area contributed by atoms with Crippen LogP contribution in [-0.4, -0.2) is 28.7 Å². The molecule has 0 radical (unpaired) electrons. The Hall–Kier alpha value is -1.72. The molecule has 1 fully saturated rings. The lowest BCUT2D eigenvalue weighted by Gasteiger charge is -2.04. The third-order valence-electron chi connectivity index (χ3n) is 2.05. The van der Waals surface area contributed by atoms with Gasteiger partial charge in [0.15, 0.2) is 0 Å². The zero-order valence-corrected chi connectivity index (χ0v) is 7.71. The maximum Gasteiger partial charge on any atom is 0.239 e. The fraction of sp³-hybridized carbons (Fsp3) is 0.500. The molecule has 14 heavy (non-hydrogen) atoms. The Kier molecular flexibility index (Phi) is 2.26. The molecule has 0 spiro atoms. The van der Waals surface area contributed by atoms with Crippen LogP contribution < -0.4 is 16.4 Å². The van der Waals surface area contributed by atoms with Crippen molar-refractivity contribution in [2.75, 3.05) is 17.6 Å². The second-order valence-electron chi connectivity index (χ2n) is 3.39. The first-order chi connectivity index (χ1) is 6.75. The number of nitrogens with one attached hydrogen (secondary N) is 3. The lowest BCUT2D eigenvalue weighted by Crippen LogP contribution is -2.31. The van der Waals surface area contributed by atoms with Gasteiger partial charge >= 0.3 is 0 Å². The Labute approximate surface area is 81.2 Å². The van der Waals surface area contributed by atoms with Gasteiger partial charge in [0.25, 0.3) is 0 Å². The van der Waals surface area contributed by atoms with Crippen molar-refractivity contribution in [3.8, 4) is 0 Å². The topological polar surface area (TPSA) is 95.8 Å². The van der Waals surface area contributed by atoms with Gasteiger partial charge in [0.1, 0.15) is 5.82 Å². The summed E-state index contributed by atoms with van der Waals surface area (Å²) in [6.45, 7) is 0.236. The monoisotopic (exact) mass is 195 g/mol. The normalized spacial score (nSPS) is 15.1. The van der Waals surface area contributed by atoms with Crippen molar-refractivity contribution in [2.45, 2.75) is 18.9 Å². The molecule has 1 aliphatic carbocycles. The van der Waals surface area contributed by atoms with E-state index in [0.29, 0.717) is 17.5 Å². The SMILES string of the molecule is Nc1[nH]ncc1NCC(=O)NC1CC1. The summed E-state index contributed by atoms with van der Waals surface area (Å²) in [5.74, 6) is 0.442. The van der Waals surface area contributed by atoms with Crippen molar-refractivity contribution in [1.29, 1.82) is 0 Å². The van der Waals surface area contributed by atoms with E-state index in [4.69, 9.17) is 5.73 Å². The van der Waals surface area contributed by atoms with E-state index < -0.39 is 0 Å². The summed E-state index contributed by atoms with van der Waals surface area (Å²) in [7, 11) is 0. The molecule has 1 heterocycles. The molecule has 0 unspecified atom stereocenters. The lowest BCUT2D eigenvalue weighted by atomic mass is 10.4. The Bertz CT molecular complexity index is 330. The van der Waals surface area contributed by atoms with Gasteiger partial charge in [-0.15, -0.1) is 0 Å². The maximum atomic E-state index is 11.3. The molecule has 1 aliphatic rings. The van der Waals surface area contributed by atoms with E-state index >= 15 is 0 Å². The van der Waals surface area contributed by atoms with Gasteiger partial charge in [-0.2, -0.15) is 5.10 Å². The van der Waals surface area contributed by atoms with Gasteiger partial charge in [0, 0.05) is 6.04 Å². The Balaban J connectivity index is 1.76. The molecule has 1 aromatic heterocycles. The number of nitrogen functional groups attached to an aromatic ring is 1. The number of nitrogens with two attached hydrogens (primary N) is 1. The van der Waals surface area contributed by atoms with Crippen molar-refractivity contribution in [2.24, 2.45) is 0 Å². The second kappa shape index (κ2) is 3.57. The number of anilines is 2. The van der Waals surface area contributed by atoms with E-state index in [1.807, 2.05) is 0 Å². The summed E-state index contributed by atoms with van der Waals surface area (Å²) in [4.78, 5) is 11.3. The van der Waals surface area contributed by atoms with E-state index in [1.54, 1.807) is 6.20 Å². The van der Waals surface area contributed by atoms with E-state index in [0.717, 1.165) is 12.8 Å². The van der Waals surface area contributed by atoms with Crippen LogP contribution in [0.5, 0.6) is 0 Å². The number of aromatic amines is 1. The van der Waals surface area contributed by atoms with Crippen LogP contribution in [0.15, 0.2) is 6.20 Å². The van der Waals surface area contributed by atoms with Gasteiger partial charge in [-0.05, 0) is 12.8 Å². The van der Waals surface area contributed by atoms with Crippen LogP contribution in [0.2, 0.25) is 0 Å². The zero-order chi connectivity index (χ0) is 9.97. The third kappa shape index (κ3) is 2.15. The van der Waals surface area contributed by atoms with E-state index in [-0.39, 0.29) is 12.5 Å². The minimum Gasteiger partial charge on any atom is -0.382 e. The number of carbonyl (C=O) groups excluding carboxylic acids is 1. The first-order valence-corrected chi connectivity index (χ1v) is 4.58. The van der Waals surface area contributed by atoms with Gasteiger partial charge < -0.3 is 16.4 Å². The molecule has 0 bridgehead atoms. The predicted molar refractivity (Wildman–Crippen MR) is 52.7 cm³/mol. The van der Waals surface area contributed by atoms with Crippen LogP contribution in [0.3, 0.4) is 0 Å². The number of rotatable bonds is 4. The Morgan fingerprint density at radius 2 is 2.50 bits per heavy atom. The highest BCUT2D eigenvalue weighted by Gasteiger charge is 2.22. The number of nitrogens with zero attached hydrogens (tertiary/aromatic N) is 1. The molecular formula is C8H13N5O. The number of hydrogen-bond donors (Lipinski definition) is 4.